The van der Waals surface area contributed by atoms with Crippen LogP contribution in [0, 0.1) is 6.92 Å². The Morgan fingerprint density at radius 2 is 1.95 bits per heavy atom. The average molecular weight is 342 g/mol. The number of anilines is 1. The van der Waals surface area contributed by atoms with Crippen LogP contribution in [0.25, 0.3) is 10.9 Å². The second-order valence-electron chi connectivity index (χ2n) is 4.63. The highest BCUT2D eigenvalue weighted by Crippen LogP contribution is 2.22. The number of pyridine rings is 2. The second-order valence-corrected chi connectivity index (χ2v) is 5.38. The molecule has 0 saturated heterocycles. The lowest BCUT2D eigenvalue weighted by Crippen LogP contribution is -2.13. The average Bonchev–Trinajstić information content (AvgIpc) is 2.47. The molecule has 2 aromatic heterocycles. The van der Waals surface area contributed by atoms with E-state index in [0.717, 1.165) is 16.6 Å². The number of hydrogen-bond acceptors (Lipinski definition) is 3. The minimum atomic E-state index is -0.215. The predicted molar refractivity (Wildman–Crippen MR) is 86.4 cm³/mol. The number of halogens is 1. The van der Waals surface area contributed by atoms with E-state index in [1.807, 2.05) is 37.3 Å². The first kappa shape index (κ1) is 13.7. The molecule has 0 fully saturated rings. The molecule has 0 aliphatic carbocycles. The number of nitrogens with zero attached hydrogens (tertiary/aromatic N) is 2. The number of aryl methyl sites for hydroxylation is 1. The van der Waals surface area contributed by atoms with Crippen molar-refractivity contribution in [1.82, 2.24) is 9.97 Å². The van der Waals surface area contributed by atoms with Crippen LogP contribution in [0.2, 0.25) is 0 Å². The third-order valence-corrected chi connectivity index (χ3v) is 3.72. The molecule has 0 aliphatic rings. The highest BCUT2D eigenvalue weighted by molar-refractivity contribution is 9.10. The summed E-state index contributed by atoms with van der Waals surface area (Å²) in [4.78, 5) is 20.9. The Kier molecular flexibility index (Phi) is 3.66. The van der Waals surface area contributed by atoms with Crippen LogP contribution < -0.4 is 5.32 Å². The lowest BCUT2D eigenvalue weighted by Gasteiger charge is -2.09. The van der Waals surface area contributed by atoms with Gasteiger partial charge >= 0.3 is 0 Å². The Morgan fingerprint density at radius 1 is 1.14 bits per heavy atom. The lowest BCUT2D eigenvalue weighted by atomic mass is 10.2. The summed E-state index contributed by atoms with van der Waals surface area (Å²) in [5.41, 5.74) is 2.80. The summed E-state index contributed by atoms with van der Waals surface area (Å²) in [6.45, 7) is 1.88. The lowest BCUT2D eigenvalue weighted by molar-refractivity contribution is 0.102. The molecular formula is C16H12BrN3O. The summed E-state index contributed by atoms with van der Waals surface area (Å²) in [6.07, 6.45) is 1.71. The van der Waals surface area contributed by atoms with Crippen molar-refractivity contribution in [3.8, 4) is 0 Å². The molecule has 5 heteroatoms. The number of hydrogen-bond donors (Lipinski definition) is 1. The van der Waals surface area contributed by atoms with Crippen LogP contribution in [0.1, 0.15) is 16.1 Å². The predicted octanol–water partition coefficient (Wildman–Crippen LogP) is 3.95. The molecule has 1 aromatic carbocycles. The van der Waals surface area contributed by atoms with Crippen molar-refractivity contribution >= 4 is 38.4 Å². The number of fused-ring (bicyclic) bond motifs is 1. The minimum absolute atomic E-state index is 0.215. The first-order valence-corrected chi connectivity index (χ1v) is 7.23. The van der Waals surface area contributed by atoms with Gasteiger partial charge in [-0.25, -0.2) is 4.98 Å². The first-order chi connectivity index (χ1) is 10.1. The van der Waals surface area contributed by atoms with Crippen LogP contribution in [0.3, 0.4) is 0 Å². The molecule has 3 rings (SSSR count). The van der Waals surface area contributed by atoms with Crippen molar-refractivity contribution in [2.75, 3.05) is 5.32 Å². The number of carbonyl (C=O) groups is 1. The molecule has 0 spiro atoms. The highest BCUT2D eigenvalue weighted by atomic mass is 79.9. The molecule has 0 bridgehead atoms. The monoisotopic (exact) mass is 341 g/mol. The fourth-order valence-corrected chi connectivity index (χ4v) is 2.68. The van der Waals surface area contributed by atoms with Gasteiger partial charge in [0.05, 0.1) is 16.8 Å². The zero-order chi connectivity index (χ0) is 14.8. The SMILES string of the molecule is Cc1ccc(C(=O)Nc2cccc3cccnc23)c(Br)n1. The number of benzene rings is 1. The Morgan fingerprint density at radius 3 is 2.76 bits per heavy atom. The van der Waals surface area contributed by atoms with E-state index >= 15 is 0 Å². The summed E-state index contributed by atoms with van der Waals surface area (Å²) < 4.78 is 0.535. The Balaban J connectivity index is 1.97. The zero-order valence-electron chi connectivity index (χ0n) is 11.3. The molecule has 0 saturated carbocycles. The fourth-order valence-electron chi connectivity index (χ4n) is 2.09. The molecule has 0 aliphatic heterocycles. The van der Waals surface area contributed by atoms with Crippen molar-refractivity contribution < 1.29 is 4.79 Å². The van der Waals surface area contributed by atoms with Crippen LogP contribution in [0.15, 0.2) is 53.3 Å². The van der Waals surface area contributed by atoms with Gasteiger partial charge in [0.2, 0.25) is 0 Å². The Hall–Kier alpha value is -2.27. The van der Waals surface area contributed by atoms with Crippen molar-refractivity contribution in [3.63, 3.8) is 0 Å². The number of nitrogens with one attached hydrogen (secondary N) is 1. The molecular weight excluding hydrogens is 330 g/mol. The van der Waals surface area contributed by atoms with E-state index in [1.165, 1.54) is 0 Å². The number of para-hydroxylation sites is 1. The van der Waals surface area contributed by atoms with E-state index in [1.54, 1.807) is 18.3 Å². The quantitative estimate of drug-likeness (QED) is 0.718. The third kappa shape index (κ3) is 2.78. The van der Waals surface area contributed by atoms with E-state index in [9.17, 15) is 4.79 Å². The molecule has 0 unspecified atom stereocenters. The van der Waals surface area contributed by atoms with Gasteiger partial charge in [-0.1, -0.05) is 18.2 Å². The smallest absolute Gasteiger partial charge is 0.258 e. The maximum Gasteiger partial charge on any atom is 0.258 e. The summed E-state index contributed by atoms with van der Waals surface area (Å²) in [7, 11) is 0. The molecule has 1 amide bonds. The van der Waals surface area contributed by atoms with Gasteiger partial charge < -0.3 is 5.32 Å². The van der Waals surface area contributed by atoms with E-state index < -0.39 is 0 Å². The summed E-state index contributed by atoms with van der Waals surface area (Å²) in [5.74, 6) is -0.215. The van der Waals surface area contributed by atoms with E-state index in [4.69, 9.17) is 0 Å². The number of amides is 1. The molecule has 2 heterocycles. The maximum absolute atomic E-state index is 12.4. The number of aromatic nitrogens is 2. The first-order valence-electron chi connectivity index (χ1n) is 6.43. The standard InChI is InChI=1S/C16H12BrN3O/c1-10-7-8-12(15(17)19-10)16(21)20-13-6-2-4-11-5-3-9-18-14(11)13/h2-9H,1H3,(H,20,21). The molecule has 1 N–H and O–H groups in total. The van der Waals surface area contributed by atoms with Crippen LogP contribution in [-0.2, 0) is 0 Å². The van der Waals surface area contributed by atoms with Gasteiger partial charge in [0.25, 0.3) is 5.91 Å². The molecule has 3 aromatic rings. The Bertz CT molecular complexity index is 827. The normalized spacial score (nSPS) is 10.6. The van der Waals surface area contributed by atoms with Crippen LogP contribution >= 0.6 is 15.9 Å². The van der Waals surface area contributed by atoms with Crippen molar-refractivity contribution in [2.45, 2.75) is 6.92 Å². The number of carbonyl (C=O) groups excluding carboxylic acids is 1. The summed E-state index contributed by atoms with van der Waals surface area (Å²) >= 11 is 3.32. The van der Waals surface area contributed by atoms with Crippen molar-refractivity contribution in [2.24, 2.45) is 0 Å². The van der Waals surface area contributed by atoms with E-state index in [2.05, 4.69) is 31.2 Å². The van der Waals surface area contributed by atoms with Gasteiger partial charge in [0.15, 0.2) is 0 Å². The van der Waals surface area contributed by atoms with Crippen LogP contribution in [0.4, 0.5) is 5.69 Å². The van der Waals surface area contributed by atoms with E-state index in [-0.39, 0.29) is 5.91 Å². The molecule has 104 valence electrons. The topological polar surface area (TPSA) is 54.9 Å². The molecule has 0 radical (unpaired) electrons. The van der Waals surface area contributed by atoms with Crippen LogP contribution in [0.5, 0.6) is 0 Å². The van der Waals surface area contributed by atoms with Gasteiger partial charge in [0.1, 0.15) is 4.60 Å². The van der Waals surface area contributed by atoms with Gasteiger partial charge in [-0.05, 0) is 47.1 Å². The largest absolute Gasteiger partial charge is 0.320 e. The summed E-state index contributed by atoms with van der Waals surface area (Å²) in [5, 5.41) is 3.87. The van der Waals surface area contributed by atoms with Crippen LogP contribution in [-0.4, -0.2) is 15.9 Å². The fraction of sp³-hybridized carbons (Fsp3) is 0.0625. The second kappa shape index (κ2) is 5.61. The Labute approximate surface area is 130 Å². The number of rotatable bonds is 2. The van der Waals surface area contributed by atoms with Gasteiger partial charge in [-0.15, -0.1) is 0 Å². The summed E-state index contributed by atoms with van der Waals surface area (Å²) in [6, 6.07) is 13.1. The molecule has 21 heavy (non-hydrogen) atoms. The molecule has 4 nitrogen and oxygen atoms in total. The van der Waals surface area contributed by atoms with Crippen molar-refractivity contribution in [1.29, 1.82) is 0 Å². The van der Waals surface area contributed by atoms with Gasteiger partial charge in [-0.3, -0.25) is 9.78 Å². The maximum atomic E-state index is 12.4. The van der Waals surface area contributed by atoms with E-state index in [0.29, 0.717) is 15.9 Å². The minimum Gasteiger partial charge on any atom is -0.320 e. The highest BCUT2D eigenvalue weighted by Gasteiger charge is 2.13. The van der Waals surface area contributed by atoms with Crippen molar-refractivity contribution in [3.05, 3.63) is 64.5 Å². The van der Waals surface area contributed by atoms with Gasteiger partial charge in [0, 0.05) is 17.3 Å². The third-order valence-electron chi connectivity index (χ3n) is 3.11. The zero-order valence-corrected chi connectivity index (χ0v) is 12.9. The van der Waals surface area contributed by atoms with Gasteiger partial charge in [-0.2, -0.15) is 0 Å². The molecule has 0 atom stereocenters.